The van der Waals surface area contributed by atoms with Crippen LogP contribution < -0.4 is 0 Å². The molecule has 0 heterocycles. The molecule has 0 atom stereocenters. The normalized spacial score (nSPS) is 8.94. The van der Waals surface area contributed by atoms with Crippen LogP contribution in [0.1, 0.15) is 22.3 Å². The van der Waals surface area contributed by atoms with Crippen LogP contribution in [0, 0.1) is 22.0 Å². The summed E-state index contributed by atoms with van der Waals surface area (Å²) < 4.78 is 4.39. The first-order valence-electron chi connectivity index (χ1n) is 4.87. The van der Waals surface area contributed by atoms with E-state index in [1.54, 1.807) is 0 Å². The summed E-state index contributed by atoms with van der Waals surface area (Å²) in [5.74, 6) is 4.58. The molecule has 0 unspecified atom stereocenters. The molecule has 0 aromatic heterocycles. The molecule has 1 aromatic rings. The van der Waals surface area contributed by atoms with Crippen LogP contribution in [-0.4, -0.2) is 24.3 Å². The lowest BCUT2D eigenvalue weighted by atomic mass is 10.1. The Labute approximate surface area is 103 Å². The maximum absolute atomic E-state index is 10.8. The Kier molecular flexibility index (Phi) is 4.58. The van der Waals surface area contributed by atoms with Crippen molar-refractivity contribution in [2.75, 3.05) is 7.11 Å². The topological polar surface area (TPSA) is 86.5 Å². The van der Waals surface area contributed by atoms with Crippen molar-refractivity contribution in [2.24, 2.45) is 0 Å². The van der Waals surface area contributed by atoms with Gasteiger partial charge in [-0.25, -0.2) is 0 Å². The average molecular weight is 247 g/mol. The minimum Gasteiger partial charge on any atom is -0.468 e. The number of nitrogens with zero attached hydrogens (tertiary/aromatic N) is 1. The van der Waals surface area contributed by atoms with Crippen molar-refractivity contribution in [3.63, 3.8) is 0 Å². The molecule has 1 rings (SSSR count). The molecule has 0 amide bonds. The fourth-order valence-electron chi connectivity index (χ4n) is 1.17. The highest BCUT2D eigenvalue weighted by Crippen LogP contribution is 2.15. The number of esters is 1. The number of non-ortho nitro benzene ring substituents is 1. The van der Waals surface area contributed by atoms with E-state index in [0.717, 1.165) is 6.07 Å². The highest BCUT2D eigenvalue weighted by atomic mass is 16.6. The molecule has 0 saturated carbocycles. The zero-order valence-corrected chi connectivity index (χ0v) is 9.50. The highest BCUT2D eigenvalue weighted by molar-refractivity contribution is 5.77. The quantitative estimate of drug-likeness (QED) is 0.264. The minimum absolute atomic E-state index is 0.115. The lowest BCUT2D eigenvalue weighted by Crippen LogP contribution is -1.97. The van der Waals surface area contributed by atoms with Gasteiger partial charge >= 0.3 is 5.97 Å². The summed E-state index contributed by atoms with van der Waals surface area (Å²) in [7, 11) is 1.24. The number of aldehydes is 1. The molecule has 0 fully saturated rings. The number of nitro groups is 1. The molecule has 6 nitrogen and oxygen atoms in total. The van der Waals surface area contributed by atoms with Gasteiger partial charge in [0, 0.05) is 23.3 Å². The van der Waals surface area contributed by atoms with Gasteiger partial charge in [-0.15, -0.1) is 0 Å². The maximum atomic E-state index is 10.8. The summed E-state index contributed by atoms with van der Waals surface area (Å²) in [5.41, 5.74) is 0.240. The Hall–Kier alpha value is -2.68. The van der Waals surface area contributed by atoms with Gasteiger partial charge in [-0.05, 0) is 6.07 Å². The SMILES string of the molecule is COC(=O)CC#Cc1cc(C=O)cc([N+](=O)[O-])c1. The van der Waals surface area contributed by atoms with Gasteiger partial charge in [-0.2, -0.15) is 0 Å². The summed E-state index contributed by atoms with van der Waals surface area (Å²) in [6, 6.07) is 3.79. The second-order valence-corrected chi connectivity index (χ2v) is 3.24. The predicted molar refractivity (Wildman–Crippen MR) is 62.0 cm³/mol. The van der Waals surface area contributed by atoms with Crippen molar-refractivity contribution in [1.29, 1.82) is 0 Å². The summed E-state index contributed by atoms with van der Waals surface area (Å²) >= 11 is 0. The fourth-order valence-corrected chi connectivity index (χ4v) is 1.17. The van der Waals surface area contributed by atoms with Crippen molar-refractivity contribution in [2.45, 2.75) is 6.42 Å². The molecule has 0 saturated heterocycles. The van der Waals surface area contributed by atoms with E-state index in [1.807, 2.05) is 0 Å². The van der Waals surface area contributed by atoms with Gasteiger partial charge in [-0.3, -0.25) is 19.7 Å². The molecule has 0 N–H and O–H groups in total. The van der Waals surface area contributed by atoms with E-state index in [-0.39, 0.29) is 17.7 Å². The largest absolute Gasteiger partial charge is 0.468 e. The van der Waals surface area contributed by atoms with E-state index in [0.29, 0.717) is 11.8 Å². The molecule has 18 heavy (non-hydrogen) atoms. The van der Waals surface area contributed by atoms with E-state index in [1.165, 1.54) is 19.2 Å². The predicted octanol–water partition coefficient (Wildman–Crippen LogP) is 1.32. The number of hydrogen-bond acceptors (Lipinski definition) is 5. The number of ether oxygens (including phenoxy) is 1. The summed E-state index contributed by atoms with van der Waals surface area (Å²) in [6.45, 7) is 0. The van der Waals surface area contributed by atoms with E-state index in [4.69, 9.17) is 0 Å². The Morgan fingerprint density at radius 1 is 1.50 bits per heavy atom. The third kappa shape index (κ3) is 3.72. The van der Waals surface area contributed by atoms with Gasteiger partial charge in [0.1, 0.15) is 12.7 Å². The number of carbonyl (C=O) groups excluding carboxylic acids is 2. The van der Waals surface area contributed by atoms with Crippen LogP contribution in [0.3, 0.4) is 0 Å². The molecule has 0 spiro atoms. The molecule has 92 valence electrons. The third-order valence-electron chi connectivity index (χ3n) is 1.98. The monoisotopic (exact) mass is 247 g/mol. The summed E-state index contributed by atoms with van der Waals surface area (Å²) in [5, 5.41) is 10.6. The number of nitro benzene ring substituents is 1. The lowest BCUT2D eigenvalue weighted by Gasteiger charge is -1.95. The van der Waals surface area contributed by atoms with Crippen LogP contribution in [0.5, 0.6) is 0 Å². The van der Waals surface area contributed by atoms with Crippen molar-refractivity contribution >= 4 is 17.9 Å². The van der Waals surface area contributed by atoms with Crippen LogP contribution in [0.15, 0.2) is 18.2 Å². The molecular weight excluding hydrogens is 238 g/mol. The van der Waals surface area contributed by atoms with Gasteiger partial charge in [-0.1, -0.05) is 11.8 Å². The van der Waals surface area contributed by atoms with Gasteiger partial charge < -0.3 is 4.74 Å². The Morgan fingerprint density at radius 2 is 2.22 bits per heavy atom. The van der Waals surface area contributed by atoms with Crippen molar-refractivity contribution in [1.82, 2.24) is 0 Å². The van der Waals surface area contributed by atoms with Gasteiger partial charge in [0.25, 0.3) is 5.69 Å². The van der Waals surface area contributed by atoms with E-state index in [9.17, 15) is 19.7 Å². The van der Waals surface area contributed by atoms with Crippen molar-refractivity contribution in [3.8, 4) is 11.8 Å². The average Bonchev–Trinajstić information content (AvgIpc) is 2.37. The van der Waals surface area contributed by atoms with Gasteiger partial charge in [0.15, 0.2) is 0 Å². The highest BCUT2D eigenvalue weighted by Gasteiger charge is 2.08. The first-order valence-corrected chi connectivity index (χ1v) is 4.87. The Bertz CT molecular complexity index is 553. The lowest BCUT2D eigenvalue weighted by molar-refractivity contribution is -0.384. The molecule has 0 aliphatic carbocycles. The molecule has 0 aliphatic heterocycles. The number of benzene rings is 1. The van der Waals surface area contributed by atoms with Gasteiger partial charge in [0.2, 0.25) is 0 Å². The molecule has 0 aliphatic rings. The molecule has 0 radical (unpaired) electrons. The summed E-state index contributed by atoms with van der Waals surface area (Å²) in [4.78, 5) is 31.4. The molecular formula is C12H9NO5. The maximum Gasteiger partial charge on any atom is 0.317 e. The van der Waals surface area contributed by atoms with Crippen LogP contribution in [0.25, 0.3) is 0 Å². The van der Waals surface area contributed by atoms with Crippen molar-refractivity contribution < 1.29 is 19.2 Å². The second kappa shape index (κ2) is 6.15. The van der Waals surface area contributed by atoms with E-state index in [2.05, 4.69) is 16.6 Å². The zero-order chi connectivity index (χ0) is 13.5. The van der Waals surface area contributed by atoms with Crippen molar-refractivity contribution in [3.05, 3.63) is 39.4 Å². The number of methoxy groups -OCH3 is 1. The smallest absolute Gasteiger partial charge is 0.317 e. The number of rotatable bonds is 3. The number of carbonyl (C=O) groups is 2. The first-order chi connectivity index (χ1) is 8.56. The molecule has 1 aromatic carbocycles. The number of hydrogen-bond donors (Lipinski definition) is 0. The molecule has 0 bridgehead atoms. The summed E-state index contributed by atoms with van der Waals surface area (Å²) in [6.07, 6.45) is 0.383. The van der Waals surface area contributed by atoms with Crippen LogP contribution in [-0.2, 0) is 9.53 Å². The third-order valence-corrected chi connectivity index (χ3v) is 1.98. The Balaban J connectivity index is 3.01. The zero-order valence-electron chi connectivity index (χ0n) is 9.50. The van der Waals surface area contributed by atoms with Crippen LogP contribution in [0.2, 0.25) is 0 Å². The minimum atomic E-state index is -0.613. The van der Waals surface area contributed by atoms with E-state index < -0.39 is 10.9 Å². The first kappa shape index (κ1) is 13.4. The molecule has 6 heteroatoms. The van der Waals surface area contributed by atoms with Crippen LogP contribution >= 0.6 is 0 Å². The van der Waals surface area contributed by atoms with Crippen LogP contribution in [0.4, 0.5) is 5.69 Å². The van der Waals surface area contributed by atoms with Gasteiger partial charge in [0.05, 0.1) is 12.0 Å². The standard InChI is InChI=1S/C12H9NO5/c1-18-12(15)4-2-3-9-5-10(8-14)7-11(6-9)13(16)17/h5-8H,4H2,1H3. The fraction of sp³-hybridized carbons (Fsp3) is 0.167. The second-order valence-electron chi connectivity index (χ2n) is 3.24. The Morgan fingerprint density at radius 3 is 2.78 bits per heavy atom. The van der Waals surface area contributed by atoms with E-state index >= 15 is 0 Å².